The summed E-state index contributed by atoms with van der Waals surface area (Å²) in [7, 11) is 0. The largest absolute Gasteiger partial charge is 0.277 e. The van der Waals surface area contributed by atoms with Crippen molar-refractivity contribution >= 4 is 51.9 Å². The summed E-state index contributed by atoms with van der Waals surface area (Å²) in [6.07, 6.45) is 3.77. The van der Waals surface area contributed by atoms with Crippen LogP contribution in [0.3, 0.4) is 0 Å². The summed E-state index contributed by atoms with van der Waals surface area (Å²) in [4.78, 5) is 27.2. The average Bonchev–Trinajstić information content (AvgIpc) is 3.39. The molecule has 2 aromatic heterocycles. The van der Waals surface area contributed by atoms with Gasteiger partial charge in [0.15, 0.2) is 0 Å². The van der Waals surface area contributed by atoms with E-state index in [1.807, 2.05) is 54.6 Å². The highest BCUT2D eigenvalue weighted by Crippen LogP contribution is 2.34. The normalized spacial score (nSPS) is 13.9. The first-order chi connectivity index (χ1) is 13.2. The van der Waals surface area contributed by atoms with Crippen molar-refractivity contribution in [2.45, 2.75) is 0 Å². The third kappa shape index (κ3) is 2.42. The molecule has 130 valence electrons. The molecule has 0 aliphatic carbocycles. The Labute approximate surface area is 158 Å². The smallest absolute Gasteiger partial charge is 0.276 e. The van der Waals surface area contributed by atoms with Crippen molar-refractivity contribution in [3.05, 3.63) is 81.7 Å². The zero-order valence-corrected chi connectivity index (χ0v) is 14.9. The molecule has 5 nitrogen and oxygen atoms in total. The summed E-state index contributed by atoms with van der Waals surface area (Å²) in [6.45, 7) is 0. The van der Waals surface area contributed by atoms with Gasteiger partial charge in [-0.15, -0.1) is 11.3 Å². The lowest BCUT2D eigenvalue weighted by Gasteiger charge is -2.16. The number of hydrogen-bond acceptors (Lipinski definition) is 4. The number of imide groups is 1. The Morgan fingerprint density at radius 1 is 0.926 bits per heavy atom. The molecule has 0 radical (unpaired) electrons. The number of fused-ring (bicyclic) bond motifs is 2. The van der Waals surface area contributed by atoms with Crippen molar-refractivity contribution in [2.75, 3.05) is 4.90 Å². The van der Waals surface area contributed by atoms with Crippen molar-refractivity contribution in [3.8, 4) is 0 Å². The van der Waals surface area contributed by atoms with E-state index < -0.39 is 0 Å². The van der Waals surface area contributed by atoms with E-state index in [9.17, 15) is 9.59 Å². The molecule has 0 spiro atoms. The van der Waals surface area contributed by atoms with Gasteiger partial charge in [-0.3, -0.25) is 14.7 Å². The molecule has 0 atom stereocenters. The van der Waals surface area contributed by atoms with E-state index in [4.69, 9.17) is 0 Å². The number of nitrogens with one attached hydrogen (secondary N) is 1. The fraction of sp³-hybridized carbons (Fsp3) is 0. The highest BCUT2D eigenvalue weighted by Gasteiger charge is 2.38. The maximum atomic E-state index is 12.7. The SMILES string of the molecule is O=C1c2ccsc2C(=O)N1c1ccccc1C=Cc1n[nH]c2ccccc12. The maximum absolute atomic E-state index is 12.7. The van der Waals surface area contributed by atoms with Gasteiger partial charge in [-0.2, -0.15) is 5.10 Å². The number of para-hydroxylation sites is 2. The van der Waals surface area contributed by atoms with Crippen LogP contribution in [0, 0.1) is 0 Å². The van der Waals surface area contributed by atoms with Crippen molar-refractivity contribution < 1.29 is 9.59 Å². The highest BCUT2D eigenvalue weighted by molar-refractivity contribution is 7.13. The second-order valence-corrected chi connectivity index (χ2v) is 7.07. The van der Waals surface area contributed by atoms with E-state index in [2.05, 4.69) is 10.2 Å². The molecule has 0 bridgehead atoms. The zero-order chi connectivity index (χ0) is 18.4. The van der Waals surface area contributed by atoms with E-state index in [0.29, 0.717) is 16.1 Å². The lowest BCUT2D eigenvalue weighted by Crippen LogP contribution is -2.30. The number of nitrogens with zero attached hydrogens (tertiary/aromatic N) is 2. The standard InChI is InChI=1S/C21H13N3O2S/c25-20-15-11-12-27-19(15)21(26)24(20)18-8-4-1-5-13(18)9-10-17-14-6-2-3-7-16(14)22-23-17/h1-12H,(H,22,23). The predicted octanol–water partition coefficient (Wildman–Crippen LogP) is 4.60. The minimum atomic E-state index is -0.276. The number of anilines is 1. The number of amides is 2. The number of thiophene rings is 1. The summed E-state index contributed by atoms with van der Waals surface area (Å²) in [6, 6.07) is 17.0. The quantitative estimate of drug-likeness (QED) is 0.536. The van der Waals surface area contributed by atoms with Gasteiger partial charge < -0.3 is 0 Å². The second-order valence-electron chi connectivity index (χ2n) is 6.16. The molecule has 0 saturated carbocycles. The Morgan fingerprint density at radius 3 is 2.63 bits per heavy atom. The van der Waals surface area contributed by atoms with E-state index in [1.54, 1.807) is 17.5 Å². The first-order valence-electron chi connectivity index (χ1n) is 8.40. The van der Waals surface area contributed by atoms with Gasteiger partial charge in [0.25, 0.3) is 11.8 Å². The maximum Gasteiger partial charge on any atom is 0.276 e. The Kier molecular flexibility index (Phi) is 3.51. The lowest BCUT2D eigenvalue weighted by atomic mass is 10.1. The lowest BCUT2D eigenvalue weighted by molar-refractivity contribution is 0.0927. The van der Waals surface area contributed by atoms with Crippen LogP contribution in [0.1, 0.15) is 31.3 Å². The molecule has 5 rings (SSSR count). The number of benzene rings is 2. The van der Waals surface area contributed by atoms with Crippen LogP contribution in [-0.2, 0) is 0 Å². The summed E-state index contributed by atoms with van der Waals surface area (Å²) in [5.74, 6) is -0.543. The van der Waals surface area contributed by atoms with Crippen LogP contribution in [0.25, 0.3) is 23.1 Å². The molecule has 0 saturated heterocycles. The third-order valence-corrected chi connectivity index (χ3v) is 5.50. The molecule has 1 aliphatic rings. The van der Waals surface area contributed by atoms with Crippen molar-refractivity contribution in [2.24, 2.45) is 0 Å². The van der Waals surface area contributed by atoms with Crippen LogP contribution >= 0.6 is 11.3 Å². The summed E-state index contributed by atoms with van der Waals surface area (Å²) in [5, 5.41) is 10.1. The van der Waals surface area contributed by atoms with Crippen LogP contribution in [-0.4, -0.2) is 22.0 Å². The van der Waals surface area contributed by atoms with Crippen molar-refractivity contribution in [1.82, 2.24) is 10.2 Å². The molecular formula is C21H13N3O2S. The summed E-state index contributed by atoms with van der Waals surface area (Å²) in [5.41, 5.74) is 3.59. The monoisotopic (exact) mass is 371 g/mol. The zero-order valence-electron chi connectivity index (χ0n) is 14.0. The minimum absolute atomic E-state index is 0.268. The first-order valence-corrected chi connectivity index (χ1v) is 9.28. The van der Waals surface area contributed by atoms with Gasteiger partial charge in [0.05, 0.1) is 22.5 Å². The van der Waals surface area contributed by atoms with E-state index in [1.165, 1.54) is 16.2 Å². The van der Waals surface area contributed by atoms with E-state index >= 15 is 0 Å². The van der Waals surface area contributed by atoms with Crippen molar-refractivity contribution in [3.63, 3.8) is 0 Å². The minimum Gasteiger partial charge on any atom is -0.277 e. The molecule has 3 heterocycles. The Bertz CT molecular complexity index is 1200. The number of carbonyl (C=O) groups excluding carboxylic acids is 2. The Balaban J connectivity index is 1.55. The molecule has 4 aromatic rings. The Hall–Kier alpha value is -3.51. The van der Waals surface area contributed by atoms with Gasteiger partial charge in [0, 0.05) is 5.39 Å². The molecule has 27 heavy (non-hydrogen) atoms. The predicted molar refractivity (Wildman–Crippen MR) is 107 cm³/mol. The number of H-pyrrole nitrogens is 1. The highest BCUT2D eigenvalue weighted by atomic mass is 32.1. The Morgan fingerprint density at radius 2 is 1.74 bits per heavy atom. The third-order valence-electron chi connectivity index (χ3n) is 4.59. The fourth-order valence-electron chi connectivity index (χ4n) is 3.29. The van der Waals surface area contributed by atoms with Gasteiger partial charge in [-0.05, 0) is 35.2 Å². The van der Waals surface area contributed by atoms with Crippen LogP contribution < -0.4 is 4.90 Å². The number of carbonyl (C=O) groups is 2. The molecule has 2 aromatic carbocycles. The van der Waals surface area contributed by atoms with Gasteiger partial charge in [-0.25, -0.2) is 4.90 Å². The average molecular weight is 371 g/mol. The first kappa shape index (κ1) is 15.7. The molecule has 1 aliphatic heterocycles. The van der Waals surface area contributed by atoms with Gasteiger partial charge in [0.2, 0.25) is 0 Å². The molecule has 6 heteroatoms. The summed E-state index contributed by atoms with van der Waals surface area (Å²) >= 11 is 1.30. The topological polar surface area (TPSA) is 66.1 Å². The van der Waals surface area contributed by atoms with E-state index in [-0.39, 0.29) is 11.8 Å². The van der Waals surface area contributed by atoms with Crippen LogP contribution in [0.2, 0.25) is 0 Å². The summed E-state index contributed by atoms with van der Waals surface area (Å²) < 4.78 is 0. The van der Waals surface area contributed by atoms with Gasteiger partial charge in [-0.1, -0.05) is 42.5 Å². The fourth-order valence-corrected chi connectivity index (χ4v) is 4.10. The van der Waals surface area contributed by atoms with Gasteiger partial charge in [0.1, 0.15) is 4.88 Å². The molecule has 1 N–H and O–H groups in total. The molecule has 2 amide bonds. The number of aromatic nitrogens is 2. The van der Waals surface area contributed by atoms with Crippen LogP contribution in [0.5, 0.6) is 0 Å². The molecular weight excluding hydrogens is 358 g/mol. The molecule has 0 fully saturated rings. The number of aromatic amines is 1. The second kappa shape index (κ2) is 6.03. The van der Waals surface area contributed by atoms with Gasteiger partial charge >= 0.3 is 0 Å². The van der Waals surface area contributed by atoms with E-state index in [0.717, 1.165) is 22.2 Å². The van der Waals surface area contributed by atoms with Crippen LogP contribution in [0.4, 0.5) is 5.69 Å². The van der Waals surface area contributed by atoms with Crippen LogP contribution in [0.15, 0.2) is 60.0 Å². The number of rotatable bonds is 3. The van der Waals surface area contributed by atoms with Crippen molar-refractivity contribution in [1.29, 1.82) is 0 Å². The number of hydrogen-bond donors (Lipinski definition) is 1. The molecule has 0 unspecified atom stereocenters.